The van der Waals surface area contributed by atoms with Gasteiger partial charge in [0, 0.05) is 18.7 Å². The molecule has 2 rings (SSSR count). The highest BCUT2D eigenvalue weighted by molar-refractivity contribution is 5.91. The van der Waals surface area contributed by atoms with Crippen LogP contribution in [0.3, 0.4) is 0 Å². The third kappa shape index (κ3) is 3.52. The van der Waals surface area contributed by atoms with Crippen LogP contribution in [0.4, 0.5) is 0 Å². The van der Waals surface area contributed by atoms with E-state index in [0.717, 1.165) is 25.8 Å². The van der Waals surface area contributed by atoms with E-state index in [-0.39, 0.29) is 12.3 Å². The van der Waals surface area contributed by atoms with Gasteiger partial charge in [-0.2, -0.15) is 0 Å². The van der Waals surface area contributed by atoms with Crippen molar-refractivity contribution in [1.82, 2.24) is 15.5 Å². The predicted octanol–water partition coefficient (Wildman–Crippen LogP) is 0.0150. The fraction of sp³-hybridized carbons (Fsp3) is 0.667. The van der Waals surface area contributed by atoms with E-state index >= 15 is 0 Å². The van der Waals surface area contributed by atoms with Crippen LogP contribution >= 0.6 is 0 Å². The summed E-state index contributed by atoms with van der Waals surface area (Å²) in [7, 11) is 0. The monoisotopic (exact) mass is 268 g/mol. The first kappa shape index (κ1) is 14.0. The summed E-state index contributed by atoms with van der Waals surface area (Å²) in [4.78, 5) is 13.5. The lowest BCUT2D eigenvalue weighted by molar-refractivity contribution is 0.0941. The molecule has 0 radical (unpaired) electrons. The molecule has 0 aliphatic carbocycles. The van der Waals surface area contributed by atoms with Crippen molar-refractivity contribution in [1.29, 1.82) is 0 Å². The second-order valence-electron chi connectivity index (χ2n) is 4.78. The number of amides is 1. The number of hydrogen-bond acceptors (Lipinski definition) is 6. The molecule has 0 spiro atoms. The van der Waals surface area contributed by atoms with Crippen LogP contribution in [0, 0.1) is 0 Å². The molecule has 0 saturated carbocycles. The number of nitrogens with zero attached hydrogens (tertiary/aromatic N) is 2. The average molecular weight is 268 g/mol. The van der Waals surface area contributed by atoms with Gasteiger partial charge in [0.25, 0.3) is 5.91 Å². The Morgan fingerprint density at radius 1 is 1.63 bits per heavy atom. The summed E-state index contributed by atoms with van der Waals surface area (Å²) in [5, 5.41) is 12.8. The summed E-state index contributed by atoms with van der Waals surface area (Å²) in [6.07, 6.45) is 4.19. The minimum absolute atomic E-state index is 0.188. The van der Waals surface area contributed by atoms with Gasteiger partial charge in [-0.05, 0) is 25.8 Å². The molecule has 4 N–H and O–H groups in total. The topological polar surface area (TPSA) is 105 Å². The molecule has 2 heterocycles. The Morgan fingerprint density at radius 3 is 3.21 bits per heavy atom. The van der Waals surface area contributed by atoms with E-state index in [2.05, 4.69) is 10.1 Å². The highest BCUT2D eigenvalue weighted by atomic mass is 16.5. The number of nitrogen functional groups attached to an aromatic ring is 1. The summed E-state index contributed by atoms with van der Waals surface area (Å²) >= 11 is 0. The van der Waals surface area contributed by atoms with E-state index < -0.39 is 5.91 Å². The normalized spacial score (nSPS) is 20.4. The quantitative estimate of drug-likeness (QED) is 0.395. The number of hydrogen-bond donors (Lipinski definition) is 3. The number of piperidine rings is 1. The summed E-state index contributed by atoms with van der Waals surface area (Å²) < 4.78 is 5.15. The molecule has 7 nitrogen and oxygen atoms in total. The number of carbonyl (C=O) groups excluding carboxylic acids is 1. The predicted molar refractivity (Wildman–Crippen MR) is 67.9 cm³/mol. The zero-order valence-electron chi connectivity index (χ0n) is 10.8. The van der Waals surface area contributed by atoms with Crippen LogP contribution in [0.5, 0.6) is 0 Å². The maximum Gasteiger partial charge on any atom is 0.287 e. The van der Waals surface area contributed by atoms with E-state index in [1.54, 1.807) is 6.07 Å². The Morgan fingerprint density at radius 2 is 2.47 bits per heavy atom. The van der Waals surface area contributed by atoms with Gasteiger partial charge in [-0.3, -0.25) is 15.1 Å². The van der Waals surface area contributed by atoms with Crippen LogP contribution in [0.2, 0.25) is 0 Å². The molecule has 1 amide bonds. The summed E-state index contributed by atoms with van der Waals surface area (Å²) in [5.41, 5.74) is 2.21. The molecule has 1 atom stereocenters. The number of nitrogens with one attached hydrogen (secondary N) is 1. The Bertz CT molecular complexity index is 419. The summed E-state index contributed by atoms with van der Waals surface area (Å²) in [6, 6.07) is 1.97. The van der Waals surface area contributed by atoms with E-state index in [9.17, 15) is 4.79 Å². The molecule has 1 aliphatic heterocycles. The van der Waals surface area contributed by atoms with E-state index in [0.29, 0.717) is 18.3 Å². The van der Waals surface area contributed by atoms with Crippen LogP contribution in [0.1, 0.15) is 41.9 Å². The van der Waals surface area contributed by atoms with Crippen molar-refractivity contribution in [3.63, 3.8) is 0 Å². The number of rotatable bonds is 5. The van der Waals surface area contributed by atoms with Crippen molar-refractivity contribution in [3.05, 3.63) is 17.5 Å². The van der Waals surface area contributed by atoms with Crippen molar-refractivity contribution < 1.29 is 14.4 Å². The Balaban J connectivity index is 1.98. The van der Waals surface area contributed by atoms with E-state index in [1.807, 2.05) is 5.43 Å². The van der Waals surface area contributed by atoms with Gasteiger partial charge in [0.1, 0.15) is 0 Å². The second kappa shape index (κ2) is 6.65. The molecule has 1 aliphatic rings. The van der Waals surface area contributed by atoms with Gasteiger partial charge in [0.05, 0.1) is 6.54 Å². The Kier molecular flexibility index (Phi) is 4.89. The molecule has 1 saturated heterocycles. The number of hydrazine groups is 1. The molecule has 1 unspecified atom stereocenters. The number of nitrogens with two attached hydrogens (primary N) is 1. The average Bonchev–Trinajstić information content (AvgIpc) is 2.89. The van der Waals surface area contributed by atoms with Crippen molar-refractivity contribution in [2.75, 3.05) is 13.2 Å². The van der Waals surface area contributed by atoms with Gasteiger partial charge < -0.3 is 9.63 Å². The van der Waals surface area contributed by atoms with Gasteiger partial charge in [-0.1, -0.05) is 11.6 Å². The van der Waals surface area contributed by atoms with Crippen molar-refractivity contribution in [2.24, 2.45) is 5.84 Å². The van der Waals surface area contributed by atoms with Gasteiger partial charge in [0.2, 0.25) is 0 Å². The van der Waals surface area contributed by atoms with Gasteiger partial charge >= 0.3 is 0 Å². The van der Waals surface area contributed by atoms with E-state index in [1.165, 1.54) is 6.42 Å². The lowest BCUT2D eigenvalue weighted by atomic mass is 9.99. The molecule has 0 aromatic carbocycles. The molecule has 1 fully saturated rings. The summed E-state index contributed by atoms with van der Waals surface area (Å²) in [6.45, 7) is 1.78. The van der Waals surface area contributed by atoms with Crippen molar-refractivity contribution >= 4 is 5.91 Å². The molecule has 1 aromatic rings. The first-order valence-electron chi connectivity index (χ1n) is 6.56. The first-order chi connectivity index (χ1) is 9.24. The molecular formula is C12H20N4O3. The maximum absolute atomic E-state index is 11.3. The zero-order valence-corrected chi connectivity index (χ0v) is 10.8. The van der Waals surface area contributed by atoms with Crippen LogP contribution in [-0.2, 0) is 6.54 Å². The lowest BCUT2D eigenvalue weighted by Crippen LogP contribution is -2.39. The minimum atomic E-state index is -0.458. The van der Waals surface area contributed by atoms with Crippen LogP contribution in [0.15, 0.2) is 10.6 Å². The SMILES string of the molecule is NNC(=O)c1cc(CN2CCCCC2CCO)on1. The van der Waals surface area contributed by atoms with Crippen LogP contribution in [0.25, 0.3) is 0 Å². The third-order valence-corrected chi connectivity index (χ3v) is 3.49. The number of likely N-dealkylation sites (tertiary alicyclic amines) is 1. The van der Waals surface area contributed by atoms with Crippen molar-refractivity contribution in [2.45, 2.75) is 38.3 Å². The fourth-order valence-corrected chi connectivity index (χ4v) is 2.51. The number of carbonyl (C=O) groups is 1. The van der Waals surface area contributed by atoms with Gasteiger partial charge in [0.15, 0.2) is 11.5 Å². The number of aromatic nitrogens is 1. The molecule has 1 aromatic heterocycles. The smallest absolute Gasteiger partial charge is 0.287 e. The largest absolute Gasteiger partial charge is 0.396 e. The standard InChI is InChI=1S/C12H20N4O3/c13-14-12(18)11-7-10(19-15-11)8-16-5-2-1-3-9(16)4-6-17/h7,9,17H,1-6,8,13H2,(H,14,18). The molecular weight excluding hydrogens is 248 g/mol. The van der Waals surface area contributed by atoms with Crippen LogP contribution < -0.4 is 11.3 Å². The Hall–Kier alpha value is -1.44. The molecule has 19 heavy (non-hydrogen) atoms. The first-order valence-corrected chi connectivity index (χ1v) is 6.56. The molecule has 7 heteroatoms. The van der Waals surface area contributed by atoms with Crippen LogP contribution in [-0.4, -0.2) is 40.3 Å². The van der Waals surface area contributed by atoms with Gasteiger partial charge in [-0.15, -0.1) is 0 Å². The summed E-state index contributed by atoms with van der Waals surface area (Å²) in [5.74, 6) is 5.22. The molecule has 106 valence electrons. The highest BCUT2D eigenvalue weighted by Crippen LogP contribution is 2.22. The van der Waals surface area contributed by atoms with Crippen molar-refractivity contribution in [3.8, 4) is 0 Å². The fourth-order valence-electron chi connectivity index (χ4n) is 2.51. The Labute approximate surface area is 111 Å². The van der Waals surface area contributed by atoms with Gasteiger partial charge in [-0.25, -0.2) is 5.84 Å². The maximum atomic E-state index is 11.3. The zero-order chi connectivity index (χ0) is 13.7. The number of aliphatic hydroxyl groups excluding tert-OH is 1. The number of aliphatic hydroxyl groups is 1. The molecule has 0 bridgehead atoms. The minimum Gasteiger partial charge on any atom is -0.396 e. The lowest BCUT2D eigenvalue weighted by Gasteiger charge is -2.34. The third-order valence-electron chi connectivity index (χ3n) is 3.49. The second-order valence-corrected chi connectivity index (χ2v) is 4.78. The van der Waals surface area contributed by atoms with E-state index in [4.69, 9.17) is 15.5 Å². The highest BCUT2D eigenvalue weighted by Gasteiger charge is 2.23.